The van der Waals surface area contributed by atoms with Crippen LogP contribution in [0.4, 0.5) is 8.78 Å². The quantitative estimate of drug-likeness (QED) is 0.343. The predicted octanol–water partition coefficient (Wildman–Crippen LogP) is 6.09. The number of hydrogen-bond donors (Lipinski definition) is 2. The number of benzene rings is 2. The Kier molecular flexibility index (Phi) is 5.76. The second-order valence-electron chi connectivity index (χ2n) is 8.34. The largest absolute Gasteiger partial charge is 0.478 e. The average Bonchev–Trinajstić information content (AvgIpc) is 3.17. The van der Waals surface area contributed by atoms with Crippen molar-refractivity contribution in [2.45, 2.75) is 19.3 Å². The van der Waals surface area contributed by atoms with Crippen LogP contribution in [0.15, 0.2) is 67.0 Å². The molecule has 7 heteroatoms. The number of rotatable bonds is 6. The van der Waals surface area contributed by atoms with Crippen molar-refractivity contribution in [1.29, 1.82) is 0 Å². The molecule has 2 aromatic heterocycles. The van der Waals surface area contributed by atoms with Crippen LogP contribution in [-0.4, -0.2) is 26.3 Å². The molecule has 0 atom stereocenters. The monoisotopic (exact) mass is 457 g/mol. The number of pyridine rings is 1. The SMILES string of the molecule is O=C(O)C=Cc1ccc(C(=C(c2ccncc2F)C2CCC2)c2ccc3[nH]nc(F)c3c2)cc1. The highest BCUT2D eigenvalue weighted by molar-refractivity contribution is 6.01. The zero-order valence-electron chi connectivity index (χ0n) is 18.1. The number of carboxylic acid groups (broad SMARTS) is 1. The van der Waals surface area contributed by atoms with E-state index in [1.54, 1.807) is 24.4 Å². The van der Waals surface area contributed by atoms with Crippen molar-refractivity contribution in [2.75, 3.05) is 0 Å². The van der Waals surface area contributed by atoms with Crippen LogP contribution >= 0.6 is 0 Å². The fourth-order valence-electron chi connectivity index (χ4n) is 4.39. The number of aromatic amines is 1. The maximum Gasteiger partial charge on any atom is 0.328 e. The summed E-state index contributed by atoms with van der Waals surface area (Å²) in [5.41, 5.74) is 5.04. The highest BCUT2D eigenvalue weighted by Crippen LogP contribution is 2.45. The van der Waals surface area contributed by atoms with Crippen molar-refractivity contribution >= 4 is 34.1 Å². The molecule has 0 amide bonds. The van der Waals surface area contributed by atoms with Gasteiger partial charge in [0.1, 0.15) is 5.82 Å². The topological polar surface area (TPSA) is 78.9 Å². The van der Waals surface area contributed by atoms with Crippen molar-refractivity contribution in [3.05, 3.63) is 101 Å². The van der Waals surface area contributed by atoms with Gasteiger partial charge in [-0.3, -0.25) is 10.1 Å². The van der Waals surface area contributed by atoms with Gasteiger partial charge in [-0.15, -0.1) is 5.10 Å². The highest BCUT2D eigenvalue weighted by Gasteiger charge is 2.29. The Labute approximate surface area is 194 Å². The second-order valence-corrected chi connectivity index (χ2v) is 8.34. The zero-order chi connectivity index (χ0) is 23.7. The molecular formula is C27H21F2N3O2. The first-order valence-corrected chi connectivity index (χ1v) is 11.0. The van der Waals surface area contributed by atoms with Crippen molar-refractivity contribution in [2.24, 2.45) is 5.92 Å². The van der Waals surface area contributed by atoms with E-state index in [1.807, 2.05) is 30.3 Å². The molecule has 2 heterocycles. The first-order valence-electron chi connectivity index (χ1n) is 11.0. The number of allylic oxidation sites excluding steroid dienone is 1. The summed E-state index contributed by atoms with van der Waals surface area (Å²) in [6.45, 7) is 0. The molecule has 2 aromatic carbocycles. The maximum atomic E-state index is 15.0. The molecule has 1 aliphatic rings. The van der Waals surface area contributed by atoms with Gasteiger partial charge in [0.2, 0.25) is 5.95 Å². The standard InChI is InChI=1S/C27H21F2N3O2/c28-22-15-30-13-12-20(22)26(17-2-1-3-17)25(18-7-4-16(5-8-18)6-11-24(33)34)19-9-10-23-21(14-19)27(29)32-31-23/h4-15,17H,1-3H2,(H,31,32)(H,33,34). The van der Waals surface area contributed by atoms with E-state index >= 15 is 4.39 Å². The Morgan fingerprint density at radius 1 is 1.06 bits per heavy atom. The van der Waals surface area contributed by atoms with Gasteiger partial charge in [0.25, 0.3) is 0 Å². The molecule has 2 N–H and O–H groups in total. The fraction of sp³-hybridized carbons (Fsp3) is 0.148. The summed E-state index contributed by atoms with van der Waals surface area (Å²) in [7, 11) is 0. The Morgan fingerprint density at radius 3 is 2.50 bits per heavy atom. The van der Waals surface area contributed by atoms with Crippen molar-refractivity contribution in [3.8, 4) is 0 Å². The molecule has 0 aliphatic heterocycles. The summed E-state index contributed by atoms with van der Waals surface area (Å²) >= 11 is 0. The predicted molar refractivity (Wildman–Crippen MR) is 127 cm³/mol. The Balaban J connectivity index is 1.76. The number of nitrogens with zero attached hydrogens (tertiary/aromatic N) is 2. The van der Waals surface area contributed by atoms with Crippen LogP contribution in [0.2, 0.25) is 0 Å². The van der Waals surface area contributed by atoms with E-state index in [-0.39, 0.29) is 5.92 Å². The van der Waals surface area contributed by atoms with Gasteiger partial charge in [-0.2, -0.15) is 4.39 Å². The van der Waals surface area contributed by atoms with E-state index in [0.717, 1.165) is 53.2 Å². The van der Waals surface area contributed by atoms with Gasteiger partial charge < -0.3 is 5.11 Å². The molecule has 1 aliphatic carbocycles. The van der Waals surface area contributed by atoms with E-state index < -0.39 is 17.7 Å². The number of carbonyl (C=O) groups is 1. The summed E-state index contributed by atoms with van der Waals surface area (Å²) in [6, 6.07) is 14.5. The Bertz CT molecular complexity index is 1430. The molecule has 170 valence electrons. The van der Waals surface area contributed by atoms with Gasteiger partial charge in [-0.25, -0.2) is 9.18 Å². The minimum atomic E-state index is -1.03. The lowest BCUT2D eigenvalue weighted by atomic mass is 9.73. The molecule has 4 aromatic rings. The molecule has 5 nitrogen and oxygen atoms in total. The lowest BCUT2D eigenvalue weighted by Gasteiger charge is -2.31. The van der Waals surface area contributed by atoms with Gasteiger partial charge in [-0.1, -0.05) is 36.8 Å². The average molecular weight is 457 g/mol. The molecule has 0 radical (unpaired) electrons. The van der Waals surface area contributed by atoms with Crippen LogP contribution in [0.1, 0.15) is 41.5 Å². The number of fused-ring (bicyclic) bond motifs is 1. The summed E-state index contributed by atoms with van der Waals surface area (Å²) in [5.74, 6) is -1.87. The third kappa shape index (κ3) is 4.12. The second kappa shape index (κ2) is 9.02. The summed E-state index contributed by atoms with van der Waals surface area (Å²) in [4.78, 5) is 14.8. The first-order chi connectivity index (χ1) is 16.5. The van der Waals surface area contributed by atoms with Gasteiger partial charge >= 0.3 is 5.97 Å². The van der Waals surface area contributed by atoms with Crippen LogP contribution in [0.25, 0.3) is 28.1 Å². The number of aliphatic carboxylic acids is 1. The maximum absolute atomic E-state index is 15.0. The van der Waals surface area contributed by atoms with Crippen LogP contribution in [-0.2, 0) is 4.79 Å². The summed E-state index contributed by atoms with van der Waals surface area (Å²) < 4.78 is 29.4. The van der Waals surface area contributed by atoms with Crippen molar-refractivity contribution in [1.82, 2.24) is 15.2 Å². The van der Waals surface area contributed by atoms with E-state index in [9.17, 15) is 9.18 Å². The third-order valence-electron chi connectivity index (χ3n) is 6.27. The van der Waals surface area contributed by atoms with E-state index in [4.69, 9.17) is 5.11 Å². The lowest BCUT2D eigenvalue weighted by molar-refractivity contribution is -0.131. The highest BCUT2D eigenvalue weighted by atomic mass is 19.1. The van der Waals surface area contributed by atoms with Crippen LogP contribution in [0.3, 0.4) is 0 Å². The van der Waals surface area contributed by atoms with Crippen LogP contribution < -0.4 is 0 Å². The zero-order valence-corrected chi connectivity index (χ0v) is 18.1. The molecule has 5 rings (SSSR count). The Morgan fingerprint density at radius 2 is 1.82 bits per heavy atom. The van der Waals surface area contributed by atoms with Crippen LogP contribution in [0, 0.1) is 17.7 Å². The van der Waals surface area contributed by atoms with Crippen molar-refractivity contribution in [3.63, 3.8) is 0 Å². The summed E-state index contributed by atoms with van der Waals surface area (Å²) in [5, 5.41) is 15.6. The molecule has 1 fully saturated rings. The number of halogens is 2. The minimum absolute atomic E-state index is 0.156. The van der Waals surface area contributed by atoms with Gasteiger partial charge in [0.15, 0.2) is 0 Å². The normalized spacial score (nSPS) is 14.9. The third-order valence-corrected chi connectivity index (χ3v) is 6.27. The molecular weight excluding hydrogens is 436 g/mol. The summed E-state index contributed by atoms with van der Waals surface area (Å²) in [6.07, 6.45) is 8.30. The molecule has 34 heavy (non-hydrogen) atoms. The van der Waals surface area contributed by atoms with Gasteiger partial charge in [-0.05, 0) is 70.9 Å². The number of H-pyrrole nitrogens is 1. The minimum Gasteiger partial charge on any atom is -0.478 e. The van der Waals surface area contributed by atoms with E-state index in [0.29, 0.717) is 16.5 Å². The smallest absolute Gasteiger partial charge is 0.328 e. The molecule has 0 spiro atoms. The van der Waals surface area contributed by atoms with Crippen molar-refractivity contribution < 1.29 is 18.7 Å². The Hall–Kier alpha value is -4.13. The number of carboxylic acids is 1. The molecule has 0 bridgehead atoms. The fourth-order valence-corrected chi connectivity index (χ4v) is 4.39. The molecule has 0 saturated heterocycles. The van der Waals surface area contributed by atoms with Crippen LogP contribution in [0.5, 0.6) is 0 Å². The number of hydrogen-bond acceptors (Lipinski definition) is 3. The molecule has 0 unspecified atom stereocenters. The first kappa shape index (κ1) is 21.7. The van der Waals surface area contributed by atoms with E-state index in [2.05, 4.69) is 15.2 Å². The molecule has 1 saturated carbocycles. The van der Waals surface area contributed by atoms with Gasteiger partial charge in [0.05, 0.1) is 17.1 Å². The lowest BCUT2D eigenvalue weighted by Crippen LogP contribution is -2.16. The number of aromatic nitrogens is 3. The van der Waals surface area contributed by atoms with E-state index in [1.165, 1.54) is 12.3 Å². The number of nitrogens with one attached hydrogen (secondary N) is 1. The van der Waals surface area contributed by atoms with Gasteiger partial charge in [0, 0.05) is 17.8 Å².